The van der Waals surface area contributed by atoms with Gasteiger partial charge in [-0.1, -0.05) is 67.1 Å². The van der Waals surface area contributed by atoms with Crippen LogP contribution < -0.4 is 0 Å². The van der Waals surface area contributed by atoms with Crippen LogP contribution in [0.5, 0.6) is 0 Å². The van der Waals surface area contributed by atoms with Gasteiger partial charge in [-0.3, -0.25) is 4.79 Å². The Morgan fingerprint density at radius 1 is 0.931 bits per heavy atom. The first-order valence-corrected chi connectivity index (χ1v) is 11.6. The molecule has 2 saturated heterocycles. The van der Waals surface area contributed by atoms with E-state index >= 15 is 0 Å². The number of Topliss-reactive ketones (excluding diaryl/α,β-unsaturated/α-hetero) is 1. The Hall–Kier alpha value is -2.27. The van der Waals surface area contributed by atoms with Crippen molar-refractivity contribution in [3.8, 4) is 0 Å². The summed E-state index contributed by atoms with van der Waals surface area (Å²) in [5, 5.41) is 0.0377. The second kappa shape index (κ2) is 7.86. The van der Waals surface area contributed by atoms with Gasteiger partial charge in [0.25, 0.3) is 0 Å². The number of benzene rings is 2. The van der Waals surface area contributed by atoms with E-state index in [-0.39, 0.29) is 29.4 Å². The molecule has 5 heteroatoms. The van der Waals surface area contributed by atoms with E-state index in [0.29, 0.717) is 18.7 Å². The summed E-state index contributed by atoms with van der Waals surface area (Å²) in [7, 11) is 0. The Balaban J connectivity index is 1.50. The van der Waals surface area contributed by atoms with Crippen molar-refractivity contribution >= 4 is 23.6 Å². The molecule has 150 valence electrons. The zero-order valence-corrected chi connectivity index (χ0v) is 17.3. The first-order valence-electron chi connectivity index (χ1n) is 10.6. The fraction of sp³-hybridized carbons (Fsp3) is 0.417. The lowest BCUT2D eigenvalue weighted by Crippen LogP contribution is -2.46. The molecule has 2 heterocycles. The molecule has 2 amide bonds. The molecule has 1 saturated carbocycles. The minimum atomic E-state index is -0.0264. The molecule has 2 aromatic carbocycles. The highest BCUT2D eigenvalue weighted by Crippen LogP contribution is 2.49. The third-order valence-electron chi connectivity index (χ3n) is 6.55. The number of thioether (sulfide) groups is 1. The average molecular weight is 407 g/mol. The Morgan fingerprint density at radius 2 is 1.66 bits per heavy atom. The maximum absolute atomic E-state index is 13.7. The van der Waals surface area contributed by atoms with Gasteiger partial charge >= 0.3 is 6.03 Å². The highest BCUT2D eigenvalue weighted by Gasteiger charge is 2.55. The van der Waals surface area contributed by atoms with Crippen LogP contribution in [-0.4, -0.2) is 39.5 Å². The Morgan fingerprint density at radius 3 is 2.38 bits per heavy atom. The molecule has 0 radical (unpaired) electrons. The Labute approximate surface area is 176 Å². The van der Waals surface area contributed by atoms with E-state index in [0.717, 1.165) is 30.6 Å². The van der Waals surface area contributed by atoms with Crippen LogP contribution in [0.3, 0.4) is 0 Å². The summed E-state index contributed by atoms with van der Waals surface area (Å²) >= 11 is 1.84. The molecule has 0 spiro atoms. The molecule has 4 nitrogen and oxygen atoms in total. The minimum absolute atomic E-state index is 0.0169. The molecule has 2 aromatic rings. The molecular weight excluding hydrogens is 380 g/mol. The summed E-state index contributed by atoms with van der Waals surface area (Å²) < 4.78 is 0. The van der Waals surface area contributed by atoms with Crippen LogP contribution >= 0.6 is 11.8 Å². The Bertz CT molecular complexity index is 888. The van der Waals surface area contributed by atoms with Crippen molar-refractivity contribution in [1.82, 2.24) is 9.80 Å². The fourth-order valence-electron chi connectivity index (χ4n) is 5.20. The fourth-order valence-corrected chi connectivity index (χ4v) is 6.69. The smallest absolute Gasteiger partial charge is 0.314 e. The number of nitrogens with zero attached hydrogens (tertiary/aromatic N) is 2. The van der Waals surface area contributed by atoms with Crippen molar-refractivity contribution in [2.24, 2.45) is 5.92 Å². The molecule has 1 unspecified atom stereocenters. The zero-order valence-electron chi connectivity index (χ0n) is 16.4. The van der Waals surface area contributed by atoms with Gasteiger partial charge < -0.3 is 9.80 Å². The molecule has 29 heavy (non-hydrogen) atoms. The van der Waals surface area contributed by atoms with Crippen molar-refractivity contribution in [2.75, 3.05) is 5.75 Å². The number of carbonyl (C=O) groups is 2. The van der Waals surface area contributed by atoms with Gasteiger partial charge in [0.1, 0.15) is 11.2 Å². The number of ketones is 1. The summed E-state index contributed by atoms with van der Waals surface area (Å²) in [4.78, 5) is 30.6. The van der Waals surface area contributed by atoms with E-state index < -0.39 is 0 Å². The van der Waals surface area contributed by atoms with E-state index in [1.165, 1.54) is 5.56 Å². The number of amides is 2. The van der Waals surface area contributed by atoms with Crippen LogP contribution in [0, 0.1) is 5.92 Å². The van der Waals surface area contributed by atoms with E-state index in [9.17, 15) is 9.59 Å². The average Bonchev–Trinajstić information content (AvgIpc) is 3.30. The lowest BCUT2D eigenvalue weighted by molar-refractivity contribution is -0.126. The first kappa shape index (κ1) is 18.7. The molecule has 5 rings (SSSR count). The summed E-state index contributed by atoms with van der Waals surface area (Å²) in [6, 6.07) is 20.6. The van der Waals surface area contributed by atoms with Crippen molar-refractivity contribution in [2.45, 2.75) is 49.7 Å². The van der Waals surface area contributed by atoms with E-state index in [4.69, 9.17) is 0 Å². The summed E-state index contributed by atoms with van der Waals surface area (Å²) in [6.07, 6.45) is 3.65. The van der Waals surface area contributed by atoms with Gasteiger partial charge in [0.2, 0.25) is 0 Å². The highest BCUT2D eigenvalue weighted by atomic mass is 32.2. The lowest BCUT2D eigenvalue weighted by Gasteiger charge is -2.34. The third-order valence-corrected chi connectivity index (χ3v) is 7.90. The Kier molecular flexibility index (Phi) is 5.08. The van der Waals surface area contributed by atoms with Gasteiger partial charge in [0.15, 0.2) is 0 Å². The summed E-state index contributed by atoms with van der Waals surface area (Å²) in [6.45, 7) is 0.577. The second-order valence-electron chi connectivity index (χ2n) is 8.28. The highest BCUT2D eigenvalue weighted by molar-refractivity contribution is 7.99. The van der Waals surface area contributed by atoms with Crippen molar-refractivity contribution in [1.29, 1.82) is 0 Å². The van der Waals surface area contributed by atoms with Gasteiger partial charge in [-0.25, -0.2) is 4.79 Å². The molecule has 3 aliphatic rings. The minimum Gasteiger partial charge on any atom is -0.314 e. The largest absolute Gasteiger partial charge is 0.322 e. The predicted octanol–water partition coefficient (Wildman–Crippen LogP) is 4.87. The maximum Gasteiger partial charge on any atom is 0.322 e. The van der Waals surface area contributed by atoms with Gasteiger partial charge in [-0.05, 0) is 24.0 Å². The van der Waals surface area contributed by atoms with Crippen LogP contribution in [0.25, 0.3) is 0 Å². The first-order chi connectivity index (χ1) is 14.2. The maximum atomic E-state index is 13.7. The molecule has 0 aromatic heterocycles. The quantitative estimate of drug-likeness (QED) is 0.728. The summed E-state index contributed by atoms with van der Waals surface area (Å²) in [5.74, 6) is 1.22. The van der Waals surface area contributed by atoms with Crippen LogP contribution in [0.15, 0.2) is 60.7 Å². The molecule has 1 aliphatic carbocycles. The van der Waals surface area contributed by atoms with Gasteiger partial charge in [-0.2, -0.15) is 0 Å². The van der Waals surface area contributed by atoms with Crippen LogP contribution in [-0.2, 0) is 11.3 Å². The number of hydrogen-bond acceptors (Lipinski definition) is 3. The van der Waals surface area contributed by atoms with Crippen molar-refractivity contribution < 1.29 is 9.59 Å². The molecule has 0 bridgehead atoms. The van der Waals surface area contributed by atoms with Crippen molar-refractivity contribution in [3.05, 3.63) is 71.8 Å². The molecular formula is C24H26N2O2S. The van der Waals surface area contributed by atoms with Crippen molar-refractivity contribution in [3.63, 3.8) is 0 Å². The number of hydrogen-bond donors (Lipinski definition) is 0. The van der Waals surface area contributed by atoms with Crippen LogP contribution in [0.2, 0.25) is 0 Å². The zero-order chi connectivity index (χ0) is 19.8. The number of rotatable bonds is 4. The van der Waals surface area contributed by atoms with E-state index in [1.54, 1.807) is 0 Å². The van der Waals surface area contributed by atoms with Gasteiger partial charge in [-0.15, -0.1) is 11.8 Å². The van der Waals surface area contributed by atoms with Crippen LogP contribution in [0.1, 0.15) is 42.2 Å². The van der Waals surface area contributed by atoms with E-state index in [1.807, 2.05) is 53.1 Å². The van der Waals surface area contributed by atoms with Gasteiger partial charge in [0.05, 0.1) is 12.1 Å². The molecule has 2 aliphatic heterocycles. The topological polar surface area (TPSA) is 40.6 Å². The summed E-state index contributed by atoms with van der Waals surface area (Å²) in [5.41, 5.74) is 2.29. The molecule has 4 atom stereocenters. The number of fused-ring (bicyclic) bond motifs is 1. The second-order valence-corrected chi connectivity index (χ2v) is 9.39. The lowest BCUT2D eigenvalue weighted by atomic mass is 9.80. The number of carbonyl (C=O) groups excluding carboxylic acids is 2. The van der Waals surface area contributed by atoms with Gasteiger partial charge in [0, 0.05) is 24.6 Å². The third kappa shape index (κ3) is 3.35. The molecule has 3 fully saturated rings. The van der Waals surface area contributed by atoms with Crippen LogP contribution in [0.4, 0.5) is 4.79 Å². The number of urea groups is 1. The normalized spacial score (nSPS) is 29.4. The predicted molar refractivity (Wildman–Crippen MR) is 115 cm³/mol. The van der Waals surface area contributed by atoms with E-state index in [2.05, 4.69) is 29.2 Å². The SMILES string of the molecule is O=C1CCCCC1[C@H]1[C@H]2CS[C@@H](c3ccccc3)N2C(=O)N1Cc1ccccc1. The standard InChI is InChI=1S/C24H26N2O2S/c27-21-14-8-7-13-19(21)22-20-16-29-23(18-11-5-2-6-12-18)26(20)24(28)25(22)15-17-9-3-1-4-10-17/h1-6,9-12,19-20,22-23H,7-8,13-16H2/t19?,20-,22+,23+/m1/s1. The molecule has 0 N–H and O–H groups in total. The monoisotopic (exact) mass is 406 g/mol.